The Hall–Kier alpha value is -0.200. The molecule has 5 nitrogen and oxygen atoms in total. The zero-order valence-corrected chi connectivity index (χ0v) is 16.5. The molecule has 25 heavy (non-hydrogen) atoms. The Kier molecular flexibility index (Phi) is 11.9. The van der Waals surface area contributed by atoms with Crippen molar-refractivity contribution in [2.45, 2.75) is 109 Å². The Labute approximate surface area is 154 Å². The van der Waals surface area contributed by atoms with Crippen molar-refractivity contribution < 1.29 is 24.4 Å². The summed E-state index contributed by atoms with van der Waals surface area (Å²) >= 11 is 0. The Morgan fingerprint density at radius 3 is 2.08 bits per heavy atom. The summed E-state index contributed by atoms with van der Waals surface area (Å²) in [5.74, 6) is 0. The van der Waals surface area contributed by atoms with Gasteiger partial charge in [0.05, 0.1) is 12.7 Å². The molecule has 1 rings (SSSR count). The number of rotatable bonds is 14. The number of methoxy groups -OCH3 is 1. The number of hydrogen-bond donors (Lipinski definition) is 2. The van der Waals surface area contributed by atoms with Gasteiger partial charge in [-0.15, -0.1) is 0 Å². The summed E-state index contributed by atoms with van der Waals surface area (Å²) < 4.78 is 16.7. The summed E-state index contributed by atoms with van der Waals surface area (Å²) in [6.45, 7) is 4.49. The third kappa shape index (κ3) is 7.92. The first-order chi connectivity index (χ1) is 12.1. The van der Waals surface area contributed by atoms with Gasteiger partial charge >= 0.3 is 0 Å². The van der Waals surface area contributed by atoms with Crippen molar-refractivity contribution in [3.05, 3.63) is 0 Å². The predicted molar refractivity (Wildman–Crippen MR) is 99.6 cm³/mol. The summed E-state index contributed by atoms with van der Waals surface area (Å²) in [5.41, 5.74) is -0.975. The Balaban J connectivity index is 2.16. The van der Waals surface area contributed by atoms with Crippen LogP contribution in [0.25, 0.3) is 0 Å². The van der Waals surface area contributed by atoms with Gasteiger partial charge in [-0.1, -0.05) is 64.7 Å². The molecule has 0 aromatic heterocycles. The average molecular weight is 361 g/mol. The minimum Gasteiger partial charge on any atom is -0.393 e. The molecular weight excluding hydrogens is 320 g/mol. The van der Waals surface area contributed by atoms with Crippen molar-refractivity contribution in [2.75, 3.05) is 20.3 Å². The molecule has 0 aliphatic carbocycles. The molecule has 3 unspecified atom stereocenters. The van der Waals surface area contributed by atoms with Crippen molar-refractivity contribution >= 4 is 0 Å². The summed E-state index contributed by atoms with van der Waals surface area (Å²) in [5, 5.41) is 20.2. The number of aliphatic hydroxyl groups is 2. The van der Waals surface area contributed by atoms with Crippen LogP contribution in [-0.4, -0.2) is 54.6 Å². The van der Waals surface area contributed by atoms with Crippen LogP contribution < -0.4 is 0 Å². The van der Waals surface area contributed by atoms with Gasteiger partial charge in [0, 0.05) is 20.1 Å². The first-order valence-electron chi connectivity index (χ1n) is 10.2. The average Bonchev–Trinajstić information content (AvgIpc) is 2.62. The minimum absolute atomic E-state index is 0.117. The molecule has 1 saturated heterocycles. The molecule has 5 heteroatoms. The second-order valence-electron chi connectivity index (χ2n) is 7.45. The molecule has 0 amide bonds. The highest BCUT2D eigenvalue weighted by Gasteiger charge is 2.49. The maximum Gasteiger partial charge on any atom is 0.186 e. The lowest BCUT2D eigenvalue weighted by Gasteiger charge is -2.45. The maximum absolute atomic E-state index is 10.4. The topological polar surface area (TPSA) is 68.2 Å². The summed E-state index contributed by atoms with van der Waals surface area (Å²) in [7, 11) is 1.50. The second kappa shape index (κ2) is 13.0. The van der Waals surface area contributed by atoms with Crippen LogP contribution in [0, 0.1) is 0 Å². The zero-order chi connectivity index (χ0) is 18.5. The van der Waals surface area contributed by atoms with E-state index in [-0.39, 0.29) is 12.7 Å². The van der Waals surface area contributed by atoms with Gasteiger partial charge in [0.25, 0.3) is 0 Å². The van der Waals surface area contributed by atoms with Gasteiger partial charge < -0.3 is 24.4 Å². The van der Waals surface area contributed by atoms with E-state index in [2.05, 4.69) is 6.92 Å². The highest BCUT2D eigenvalue weighted by atomic mass is 16.7. The molecule has 1 fully saturated rings. The number of unbranched alkanes of at least 4 members (excludes halogenated alkanes) is 9. The molecule has 0 spiro atoms. The Morgan fingerprint density at radius 1 is 1.00 bits per heavy atom. The number of aliphatic hydroxyl groups excluding tert-OH is 2. The normalized spacial score (nSPS) is 29.9. The van der Waals surface area contributed by atoms with Crippen LogP contribution in [0.2, 0.25) is 0 Å². The molecule has 1 heterocycles. The molecule has 0 aromatic carbocycles. The van der Waals surface area contributed by atoms with Gasteiger partial charge in [0.15, 0.2) is 6.29 Å². The molecule has 150 valence electrons. The molecule has 1 aliphatic heterocycles. The molecule has 4 atom stereocenters. The highest BCUT2D eigenvalue weighted by Crippen LogP contribution is 2.33. The molecule has 0 radical (unpaired) electrons. The number of ether oxygens (including phenoxy) is 3. The van der Waals surface area contributed by atoms with Crippen LogP contribution in [0.4, 0.5) is 0 Å². The third-order valence-electron chi connectivity index (χ3n) is 5.18. The van der Waals surface area contributed by atoms with E-state index in [0.29, 0.717) is 13.0 Å². The predicted octanol–water partition coefficient (Wildman–Crippen LogP) is 3.80. The minimum atomic E-state index is -0.975. The second-order valence-corrected chi connectivity index (χ2v) is 7.45. The van der Waals surface area contributed by atoms with E-state index in [9.17, 15) is 10.2 Å². The quantitative estimate of drug-likeness (QED) is 0.461. The van der Waals surface area contributed by atoms with Crippen molar-refractivity contribution in [3.8, 4) is 0 Å². The standard InChI is InChI=1S/C20H40O5/c1-4-5-6-7-8-9-10-11-12-13-14-24-20(16-21)15-17(2)25-19(23-3)18(20)22/h17-19,21-22H,4-16H2,1-3H3/t17?,18?,19-,20?/m1/s1. The largest absolute Gasteiger partial charge is 0.393 e. The molecule has 0 saturated carbocycles. The fraction of sp³-hybridized carbons (Fsp3) is 1.00. The zero-order valence-electron chi connectivity index (χ0n) is 16.5. The smallest absolute Gasteiger partial charge is 0.186 e. The first-order valence-corrected chi connectivity index (χ1v) is 10.2. The van der Waals surface area contributed by atoms with E-state index in [0.717, 1.165) is 12.8 Å². The third-order valence-corrected chi connectivity index (χ3v) is 5.18. The van der Waals surface area contributed by atoms with Crippen LogP contribution in [0.5, 0.6) is 0 Å². The van der Waals surface area contributed by atoms with Crippen LogP contribution in [0.15, 0.2) is 0 Å². The molecule has 1 aliphatic rings. The molecular formula is C20H40O5. The first kappa shape index (κ1) is 22.8. The van der Waals surface area contributed by atoms with E-state index in [1.165, 1.54) is 58.5 Å². The van der Waals surface area contributed by atoms with Crippen LogP contribution in [0.1, 0.15) is 84.5 Å². The van der Waals surface area contributed by atoms with E-state index in [1.54, 1.807) is 0 Å². The fourth-order valence-electron chi connectivity index (χ4n) is 3.60. The molecule has 0 aromatic rings. The lowest BCUT2D eigenvalue weighted by Crippen LogP contribution is -2.60. The van der Waals surface area contributed by atoms with Gasteiger partial charge in [-0.25, -0.2) is 0 Å². The lowest BCUT2D eigenvalue weighted by molar-refractivity contribution is -0.301. The van der Waals surface area contributed by atoms with E-state index in [4.69, 9.17) is 14.2 Å². The summed E-state index contributed by atoms with van der Waals surface area (Å²) in [6.07, 6.45) is 11.3. The molecule has 0 bridgehead atoms. The summed E-state index contributed by atoms with van der Waals surface area (Å²) in [6, 6.07) is 0. The van der Waals surface area contributed by atoms with E-state index < -0.39 is 18.0 Å². The highest BCUT2D eigenvalue weighted by molar-refractivity contribution is 4.95. The van der Waals surface area contributed by atoms with Crippen molar-refractivity contribution in [1.29, 1.82) is 0 Å². The van der Waals surface area contributed by atoms with Crippen molar-refractivity contribution in [3.63, 3.8) is 0 Å². The monoisotopic (exact) mass is 360 g/mol. The van der Waals surface area contributed by atoms with Crippen LogP contribution in [0.3, 0.4) is 0 Å². The molecule has 2 N–H and O–H groups in total. The lowest BCUT2D eigenvalue weighted by atomic mass is 9.87. The van der Waals surface area contributed by atoms with Crippen LogP contribution in [-0.2, 0) is 14.2 Å². The Bertz CT molecular complexity index is 325. The number of hydrogen-bond acceptors (Lipinski definition) is 5. The van der Waals surface area contributed by atoms with E-state index in [1.807, 2.05) is 6.92 Å². The van der Waals surface area contributed by atoms with Gasteiger partial charge in [-0.2, -0.15) is 0 Å². The van der Waals surface area contributed by atoms with Gasteiger partial charge in [-0.3, -0.25) is 0 Å². The van der Waals surface area contributed by atoms with Gasteiger partial charge in [0.2, 0.25) is 0 Å². The summed E-state index contributed by atoms with van der Waals surface area (Å²) in [4.78, 5) is 0. The SMILES string of the molecule is CCCCCCCCCCCCOC1(CO)CC(C)O[C@@H](OC)C1O. The Morgan fingerprint density at radius 2 is 1.56 bits per heavy atom. The maximum atomic E-state index is 10.4. The van der Waals surface area contributed by atoms with Crippen LogP contribution >= 0.6 is 0 Å². The van der Waals surface area contributed by atoms with E-state index >= 15 is 0 Å². The van der Waals surface area contributed by atoms with Gasteiger partial charge in [0.1, 0.15) is 11.7 Å². The van der Waals surface area contributed by atoms with Crippen molar-refractivity contribution in [1.82, 2.24) is 0 Å². The fourth-order valence-corrected chi connectivity index (χ4v) is 3.60. The van der Waals surface area contributed by atoms with Crippen molar-refractivity contribution in [2.24, 2.45) is 0 Å². The van der Waals surface area contributed by atoms with Gasteiger partial charge in [-0.05, 0) is 13.3 Å².